The van der Waals surface area contributed by atoms with Gasteiger partial charge in [0.15, 0.2) is 0 Å². The second-order valence-electron chi connectivity index (χ2n) is 4.95. The zero-order valence-corrected chi connectivity index (χ0v) is 13.2. The van der Waals surface area contributed by atoms with Crippen LogP contribution in [0.3, 0.4) is 0 Å². The molecule has 21 heavy (non-hydrogen) atoms. The van der Waals surface area contributed by atoms with Gasteiger partial charge in [-0.2, -0.15) is 0 Å². The number of benzodiazepines with no additional fused rings is 1. The predicted octanol–water partition coefficient (Wildman–Crippen LogP) is 4.02. The summed E-state index contributed by atoms with van der Waals surface area (Å²) in [5.74, 6) is -0.0491. The first-order valence-corrected chi connectivity index (χ1v) is 7.72. The molecule has 0 saturated heterocycles. The number of amides is 1. The van der Waals surface area contributed by atoms with E-state index in [1.807, 2.05) is 55.5 Å². The van der Waals surface area contributed by atoms with Gasteiger partial charge in [0, 0.05) is 15.6 Å². The molecule has 1 aliphatic heterocycles. The lowest BCUT2D eigenvalue weighted by atomic mass is 10.0. The number of rotatable bonds is 2. The van der Waals surface area contributed by atoms with E-state index >= 15 is 0 Å². The Bertz CT molecular complexity index is 710. The first kappa shape index (κ1) is 14.0. The number of anilines is 1. The quantitative estimate of drug-likeness (QED) is 0.879. The molecule has 0 aromatic heterocycles. The molecule has 0 spiro atoms. The topological polar surface area (TPSA) is 41.5 Å². The maximum absolute atomic E-state index is 12.2. The van der Waals surface area contributed by atoms with Gasteiger partial charge >= 0.3 is 0 Å². The molecule has 4 heteroatoms. The Kier molecular flexibility index (Phi) is 3.88. The molecule has 1 atom stereocenters. The molecule has 2 aromatic rings. The summed E-state index contributed by atoms with van der Waals surface area (Å²) < 4.78 is 0.967. The molecule has 106 valence electrons. The Morgan fingerprint density at radius 3 is 2.67 bits per heavy atom. The number of carbonyl (C=O) groups excluding carboxylic acids is 1. The summed E-state index contributed by atoms with van der Waals surface area (Å²) in [7, 11) is 0. The summed E-state index contributed by atoms with van der Waals surface area (Å²) in [5.41, 5.74) is 3.63. The molecule has 2 aromatic carbocycles. The SMILES string of the molecule is CC[C@H]1N=C(c2ccccc2)c2cc(Br)ccc2NC1=O. The summed E-state index contributed by atoms with van der Waals surface area (Å²) in [5, 5.41) is 2.98. The first-order chi connectivity index (χ1) is 10.2. The van der Waals surface area contributed by atoms with Gasteiger partial charge in [0.25, 0.3) is 0 Å². The minimum absolute atomic E-state index is 0.0491. The van der Waals surface area contributed by atoms with Gasteiger partial charge in [0.2, 0.25) is 5.91 Å². The minimum atomic E-state index is -0.355. The van der Waals surface area contributed by atoms with E-state index in [1.165, 1.54) is 0 Å². The Labute approximate surface area is 132 Å². The highest BCUT2D eigenvalue weighted by Crippen LogP contribution is 2.27. The number of fused-ring (bicyclic) bond motifs is 1. The molecule has 0 unspecified atom stereocenters. The fourth-order valence-corrected chi connectivity index (χ4v) is 2.79. The van der Waals surface area contributed by atoms with Crippen molar-refractivity contribution in [2.75, 3.05) is 5.32 Å². The Balaban J connectivity index is 2.22. The highest BCUT2D eigenvalue weighted by Gasteiger charge is 2.24. The molecule has 0 aliphatic carbocycles. The van der Waals surface area contributed by atoms with Gasteiger partial charge < -0.3 is 5.32 Å². The smallest absolute Gasteiger partial charge is 0.249 e. The van der Waals surface area contributed by atoms with Crippen LogP contribution in [0.25, 0.3) is 0 Å². The second-order valence-corrected chi connectivity index (χ2v) is 5.86. The maximum Gasteiger partial charge on any atom is 0.249 e. The minimum Gasteiger partial charge on any atom is -0.324 e. The fraction of sp³-hybridized carbons (Fsp3) is 0.176. The van der Waals surface area contributed by atoms with Crippen molar-refractivity contribution in [2.45, 2.75) is 19.4 Å². The van der Waals surface area contributed by atoms with E-state index in [0.717, 1.165) is 27.0 Å². The maximum atomic E-state index is 12.2. The average Bonchev–Trinajstić information content (AvgIpc) is 2.64. The monoisotopic (exact) mass is 342 g/mol. The number of carbonyl (C=O) groups is 1. The van der Waals surface area contributed by atoms with Crippen LogP contribution in [0.5, 0.6) is 0 Å². The lowest BCUT2D eigenvalue weighted by Gasteiger charge is -2.10. The van der Waals surface area contributed by atoms with Crippen molar-refractivity contribution in [2.24, 2.45) is 4.99 Å². The van der Waals surface area contributed by atoms with Crippen molar-refractivity contribution in [1.82, 2.24) is 0 Å². The van der Waals surface area contributed by atoms with Crippen LogP contribution in [0.2, 0.25) is 0 Å². The number of benzene rings is 2. The molecule has 1 amide bonds. The van der Waals surface area contributed by atoms with E-state index in [0.29, 0.717) is 6.42 Å². The van der Waals surface area contributed by atoms with Gasteiger partial charge in [-0.05, 0) is 24.6 Å². The number of hydrogen-bond acceptors (Lipinski definition) is 2. The van der Waals surface area contributed by atoms with Gasteiger partial charge in [0.1, 0.15) is 6.04 Å². The largest absolute Gasteiger partial charge is 0.324 e. The molecule has 3 rings (SSSR count). The molecule has 1 aliphatic rings. The highest BCUT2D eigenvalue weighted by atomic mass is 79.9. The van der Waals surface area contributed by atoms with Crippen LogP contribution < -0.4 is 5.32 Å². The van der Waals surface area contributed by atoms with Gasteiger partial charge in [-0.25, -0.2) is 0 Å². The van der Waals surface area contributed by atoms with Crippen molar-refractivity contribution in [3.63, 3.8) is 0 Å². The lowest BCUT2D eigenvalue weighted by molar-refractivity contribution is -0.117. The standard InChI is InChI=1S/C17H15BrN2O/c1-2-14-17(21)20-15-9-8-12(18)10-13(15)16(19-14)11-6-4-3-5-7-11/h3-10,14H,2H2,1H3,(H,20,21)/t14-/m1/s1. The third-order valence-electron chi connectivity index (χ3n) is 3.52. The van der Waals surface area contributed by atoms with E-state index in [9.17, 15) is 4.79 Å². The number of hydrogen-bond donors (Lipinski definition) is 1. The van der Waals surface area contributed by atoms with Crippen molar-refractivity contribution >= 4 is 33.2 Å². The van der Waals surface area contributed by atoms with Crippen molar-refractivity contribution in [1.29, 1.82) is 0 Å². The Hall–Kier alpha value is -1.94. The number of halogens is 1. The average molecular weight is 343 g/mol. The van der Waals surface area contributed by atoms with Crippen LogP contribution in [-0.4, -0.2) is 17.7 Å². The molecule has 3 nitrogen and oxygen atoms in total. The molecule has 0 fully saturated rings. The van der Waals surface area contributed by atoms with E-state index in [2.05, 4.69) is 21.2 Å². The molecule has 1 heterocycles. The lowest BCUT2D eigenvalue weighted by Crippen LogP contribution is -2.24. The number of nitrogens with one attached hydrogen (secondary N) is 1. The van der Waals surface area contributed by atoms with Crippen LogP contribution in [0, 0.1) is 0 Å². The van der Waals surface area contributed by atoms with E-state index in [4.69, 9.17) is 4.99 Å². The number of aliphatic imine (C=N–C) groups is 1. The van der Waals surface area contributed by atoms with Crippen LogP contribution in [0.4, 0.5) is 5.69 Å². The van der Waals surface area contributed by atoms with Crippen molar-refractivity contribution in [3.8, 4) is 0 Å². The molecule has 0 saturated carbocycles. The molecular weight excluding hydrogens is 328 g/mol. The normalized spacial score (nSPS) is 17.5. The van der Waals surface area contributed by atoms with Gasteiger partial charge in [-0.15, -0.1) is 0 Å². The Morgan fingerprint density at radius 1 is 1.19 bits per heavy atom. The molecule has 1 N–H and O–H groups in total. The van der Waals surface area contributed by atoms with Crippen LogP contribution in [0.1, 0.15) is 24.5 Å². The van der Waals surface area contributed by atoms with Gasteiger partial charge in [0.05, 0.1) is 11.4 Å². The summed E-state index contributed by atoms with van der Waals surface area (Å²) in [6.45, 7) is 1.97. The third kappa shape index (κ3) is 2.76. The molecule has 0 bridgehead atoms. The van der Waals surface area contributed by atoms with Crippen LogP contribution in [0.15, 0.2) is 58.0 Å². The van der Waals surface area contributed by atoms with Crippen LogP contribution in [-0.2, 0) is 4.79 Å². The molecule has 0 radical (unpaired) electrons. The van der Waals surface area contributed by atoms with E-state index < -0.39 is 0 Å². The first-order valence-electron chi connectivity index (χ1n) is 6.93. The number of nitrogens with zero attached hydrogens (tertiary/aromatic N) is 1. The fourth-order valence-electron chi connectivity index (χ4n) is 2.42. The Morgan fingerprint density at radius 2 is 1.95 bits per heavy atom. The highest BCUT2D eigenvalue weighted by molar-refractivity contribution is 9.10. The van der Waals surface area contributed by atoms with E-state index in [1.54, 1.807) is 0 Å². The zero-order chi connectivity index (χ0) is 14.8. The van der Waals surface area contributed by atoms with E-state index in [-0.39, 0.29) is 11.9 Å². The predicted molar refractivity (Wildman–Crippen MR) is 88.9 cm³/mol. The van der Waals surface area contributed by atoms with Gasteiger partial charge in [-0.1, -0.05) is 53.2 Å². The van der Waals surface area contributed by atoms with Crippen molar-refractivity contribution in [3.05, 3.63) is 64.1 Å². The molecular formula is C17H15BrN2O. The summed E-state index contributed by atoms with van der Waals surface area (Å²) in [4.78, 5) is 17.0. The third-order valence-corrected chi connectivity index (χ3v) is 4.01. The summed E-state index contributed by atoms with van der Waals surface area (Å²) in [6, 6.07) is 15.5. The summed E-state index contributed by atoms with van der Waals surface area (Å²) in [6.07, 6.45) is 0.678. The zero-order valence-electron chi connectivity index (χ0n) is 11.6. The van der Waals surface area contributed by atoms with Crippen molar-refractivity contribution < 1.29 is 4.79 Å². The second kappa shape index (κ2) is 5.82. The van der Waals surface area contributed by atoms with Crippen LogP contribution >= 0.6 is 15.9 Å². The summed E-state index contributed by atoms with van der Waals surface area (Å²) >= 11 is 3.50. The van der Waals surface area contributed by atoms with Gasteiger partial charge in [-0.3, -0.25) is 9.79 Å².